The molecular weight excluding hydrogens is 322 g/mol. The molecule has 2 N–H and O–H groups in total. The maximum atomic E-state index is 12.2. The van der Waals surface area contributed by atoms with Crippen LogP contribution in [0.5, 0.6) is 11.5 Å². The van der Waals surface area contributed by atoms with E-state index >= 15 is 0 Å². The van der Waals surface area contributed by atoms with E-state index in [0.717, 1.165) is 0 Å². The average molecular weight is 339 g/mol. The van der Waals surface area contributed by atoms with Crippen LogP contribution in [0.3, 0.4) is 0 Å². The van der Waals surface area contributed by atoms with Crippen molar-refractivity contribution in [3.8, 4) is 11.5 Å². The molecule has 7 heteroatoms. The SMILES string of the molecule is CN(Cc1nc2ccccc2c(=O)[nH]1)C(=O)COc1ccccc1O. The Balaban J connectivity index is 1.67. The topological polar surface area (TPSA) is 95.5 Å². The quantitative estimate of drug-likeness (QED) is 0.737. The van der Waals surface area contributed by atoms with Gasteiger partial charge in [0.05, 0.1) is 17.4 Å². The molecule has 1 aromatic heterocycles. The number of rotatable bonds is 5. The minimum absolute atomic E-state index is 0.0292. The van der Waals surface area contributed by atoms with Crippen molar-refractivity contribution >= 4 is 16.8 Å². The summed E-state index contributed by atoms with van der Waals surface area (Å²) in [6.45, 7) is -0.0884. The van der Waals surface area contributed by atoms with Crippen LogP contribution >= 0.6 is 0 Å². The molecule has 3 rings (SSSR count). The summed E-state index contributed by atoms with van der Waals surface area (Å²) in [7, 11) is 1.59. The summed E-state index contributed by atoms with van der Waals surface area (Å²) >= 11 is 0. The standard InChI is InChI=1S/C18H17N3O4/c1-21(17(23)11-25-15-9-5-4-8-14(15)22)10-16-19-13-7-3-2-6-12(13)18(24)20-16/h2-9,22H,10-11H2,1H3,(H,19,20,24). The van der Waals surface area contributed by atoms with E-state index in [9.17, 15) is 14.7 Å². The predicted molar refractivity (Wildman–Crippen MR) is 92.4 cm³/mol. The van der Waals surface area contributed by atoms with Crippen LogP contribution in [0.2, 0.25) is 0 Å². The summed E-state index contributed by atoms with van der Waals surface area (Å²) in [6.07, 6.45) is 0. The Morgan fingerprint density at radius 2 is 1.92 bits per heavy atom. The third kappa shape index (κ3) is 3.77. The lowest BCUT2D eigenvalue weighted by Crippen LogP contribution is -2.32. The molecule has 0 aliphatic rings. The highest BCUT2D eigenvalue weighted by molar-refractivity contribution is 5.78. The monoisotopic (exact) mass is 339 g/mol. The maximum absolute atomic E-state index is 12.2. The maximum Gasteiger partial charge on any atom is 0.260 e. The van der Waals surface area contributed by atoms with E-state index in [0.29, 0.717) is 16.7 Å². The number of hydrogen-bond acceptors (Lipinski definition) is 5. The number of ether oxygens (including phenoxy) is 1. The van der Waals surface area contributed by atoms with Crippen molar-refractivity contribution < 1.29 is 14.6 Å². The van der Waals surface area contributed by atoms with Gasteiger partial charge in [-0.1, -0.05) is 24.3 Å². The van der Waals surface area contributed by atoms with Crippen molar-refractivity contribution in [3.05, 3.63) is 64.7 Å². The van der Waals surface area contributed by atoms with Gasteiger partial charge in [-0.2, -0.15) is 0 Å². The van der Waals surface area contributed by atoms with Crippen LogP contribution in [0.1, 0.15) is 5.82 Å². The lowest BCUT2D eigenvalue weighted by atomic mass is 10.2. The van der Waals surface area contributed by atoms with Gasteiger partial charge in [-0.25, -0.2) is 4.98 Å². The van der Waals surface area contributed by atoms with Gasteiger partial charge >= 0.3 is 0 Å². The first-order valence-corrected chi connectivity index (χ1v) is 7.67. The van der Waals surface area contributed by atoms with Crippen LogP contribution in [0, 0.1) is 0 Å². The number of phenolic OH excluding ortho intramolecular Hbond substituents is 1. The molecule has 0 aliphatic heterocycles. The molecule has 3 aromatic rings. The van der Waals surface area contributed by atoms with Gasteiger partial charge in [0.1, 0.15) is 5.82 Å². The van der Waals surface area contributed by atoms with E-state index in [1.54, 1.807) is 49.5 Å². The Kier molecular flexibility index (Phi) is 4.65. The molecule has 1 amide bonds. The first-order chi connectivity index (χ1) is 12.0. The fourth-order valence-electron chi connectivity index (χ4n) is 2.35. The van der Waals surface area contributed by atoms with E-state index in [1.165, 1.54) is 11.0 Å². The number of carbonyl (C=O) groups excluding carboxylic acids is 1. The third-order valence-corrected chi connectivity index (χ3v) is 3.69. The average Bonchev–Trinajstić information content (AvgIpc) is 2.61. The van der Waals surface area contributed by atoms with Crippen LogP contribution in [0.25, 0.3) is 10.9 Å². The third-order valence-electron chi connectivity index (χ3n) is 3.69. The second-order valence-electron chi connectivity index (χ2n) is 5.54. The summed E-state index contributed by atoms with van der Waals surface area (Å²) in [6, 6.07) is 13.4. The van der Waals surface area contributed by atoms with Crippen LogP contribution in [-0.4, -0.2) is 39.5 Å². The molecule has 0 aliphatic carbocycles. The Labute approximate surface area is 143 Å². The number of aromatic nitrogens is 2. The lowest BCUT2D eigenvalue weighted by molar-refractivity contribution is -0.132. The highest BCUT2D eigenvalue weighted by Crippen LogP contribution is 2.24. The van der Waals surface area contributed by atoms with Gasteiger partial charge < -0.3 is 19.7 Å². The minimum Gasteiger partial charge on any atom is -0.504 e. The van der Waals surface area contributed by atoms with Crippen molar-refractivity contribution in [1.82, 2.24) is 14.9 Å². The van der Waals surface area contributed by atoms with Gasteiger partial charge in [-0.15, -0.1) is 0 Å². The summed E-state index contributed by atoms with van der Waals surface area (Å²) in [5.41, 5.74) is 0.333. The van der Waals surface area contributed by atoms with Gasteiger partial charge in [0.2, 0.25) is 0 Å². The minimum atomic E-state index is -0.306. The molecule has 0 saturated carbocycles. The zero-order chi connectivity index (χ0) is 17.8. The number of phenols is 1. The van der Waals surface area contributed by atoms with E-state index in [4.69, 9.17) is 4.74 Å². The normalized spacial score (nSPS) is 10.6. The number of para-hydroxylation sites is 3. The molecule has 0 atom stereocenters. The molecule has 0 bridgehead atoms. The Morgan fingerprint density at radius 1 is 1.20 bits per heavy atom. The summed E-state index contributed by atoms with van der Waals surface area (Å²) < 4.78 is 5.32. The van der Waals surface area contributed by atoms with Gasteiger partial charge in [0, 0.05) is 7.05 Å². The van der Waals surface area contributed by atoms with Crippen LogP contribution in [-0.2, 0) is 11.3 Å². The number of nitrogens with one attached hydrogen (secondary N) is 1. The fraction of sp³-hybridized carbons (Fsp3) is 0.167. The zero-order valence-corrected chi connectivity index (χ0v) is 13.6. The number of nitrogens with zero attached hydrogens (tertiary/aromatic N) is 2. The number of aromatic amines is 1. The number of hydrogen-bond donors (Lipinski definition) is 2. The van der Waals surface area contributed by atoms with Gasteiger partial charge in [-0.3, -0.25) is 9.59 Å². The first-order valence-electron chi connectivity index (χ1n) is 7.67. The molecule has 0 radical (unpaired) electrons. The second kappa shape index (κ2) is 7.04. The first kappa shape index (κ1) is 16.5. The van der Waals surface area contributed by atoms with Gasteiger partial charge in [0.25, 0.3) is 11.5 Å². The van der Waals surface area contributed by atoms with Crippen LogP contribution in [0.15, 0.2) is 53.3 Å². The highest BCUT2D eigenvalue weighted by atomic mass is 16.5. The molecule has 0 saturated heterocycles. The van der Waals surface area contributed by atoms with E-state index in [1.807, 2.05) is 0 Å². The molecule has 1 heterocycles. The number of carbonyl (C=O) groups is 1. The van der Waals surface area contributed by atoms with Crippen molar-refractivity contribution in [2.75, 3.05) is 13.7 Å². The van der Waals surface area contributed by atoms with Crippen molar-refractivity contribution in [2.24, 2.45) is 0 Å². The summed E-state index contributed by atoms with van der Waals surface area (Å²) in [4.78, 5) is 32.7. The number of aromatic hydroxyl groups is 1. The van der Waals surface area contributed by atoms with Crippen LogP contribution < -0.4 is 10.3 Å². The van der Waals surface area contributed by atoms with Crippen LogP contribution in [0.4, 0.5) is 0 Å². The number of amides is 1. The van der Waals surface area contributed by atoms with Gasteiger partial charge in [0.15, 0.2) is 18.1 Å². The Bertz CT molecular complexity index is 968. The molecule has 128 valence electrons. The lowest BCUT2D eigenvalue weighted by Gasteiger charge is -2.17. The second-order valence-corrected chi connectivity index (χ2v) is 5.54. The summed E-state index contributed by atoms with van der Waals surface area (Å²) in [5.74, 6) is 0.293. The highest BCUT2D eigenvalue weighted by Gasteiger charge is 2.13. The van der Waals surface area contributed by atoms with Crippen molar-refractivity contribution in [3.63, 3.8) is 0 Å². The number of benzene rings is 2. The molecule has 2 aromatic carbocycles. The number of likely N-dealkylation sites (N-methyl/N-ethyl adjacent to an activating group) is 1. The number of H-pyrrole nitrogens is 1. The zero-order valence-electron chi connectivity index (χ0n) is 13.6. The summed E-state index contributed by atoms with van der Waals surface area (Å²) in [5, 5.41) is 10.1. The fourth-order valence-corrected chi connectivity index (χ4v) is 2.35. The van der Waals surface area contributed by atoms with Gasteiger partial charge in [-0.05, 0) is 24.3 Å². The molecule has 0 spiro atoms. The number of fused-ring (bicyclic) bond motifs is 1. The molecule has 7 nitrogen and oxygen atoms in total. The molecular formula is C18H17N3O4. The van der Waals surface area contributed by atoms with E-state index in [-0.39, 0.29) is 36.1 Å². The predicted octanol–water partition coefficient (Wildman–Crippen LogP) is 1.67. The largest absolute Gasteiger partial charge is 0.504 e. The molecule has 0 fully saturated rings. The smallest absolute Gasteiger partial charge is 0.260 e. The Hall–Kier alpha value is -3.35. The molecule has 25 heavy (non-hydrogen) atoms. The van der Waals surface area contributed by atoms with E-state index in [2.05, 4.69) is 9.97 Å². The Morgan fingerprint density at radius 3 is 2.72 bits per heavy atom. The molecule has 0 unspecified atom stereocenters. The van der Waals surface area contributed by atoms with E-state index < -0.39 is 0 Å². The van der Waals surface area contributed by atoms with Crippen molar-refractivity contribution in [2.45, 2.75) is 6.54 Å². The van der Waals surface area contributed by atoms with Crippen molar-refractivity contribution in [1.29, 1.82) is 0 Å².